The van der Waals surface area contributed by atoms with Crippen molar-refractivity contribution in [3.05, 3.63) is 107 Å². The predicted molar refractivity (Wildman–Crippen MR) is 251 cm³/mol. The molecular weight excluding hydrogens is 853 g/mol. The molecule has 2 atom stereocenters. The Morgan fingerprint density at radius 1 is 1.08 bits per heavy atom. The molecule has 4 N–H and O–H groups in total. The van der Waals surface area contributed by atoms with E-state index in [0.29, 0.717) is 47.6 Å². The van der Waals surface area contributed by atoms with Gasteiger partial charge in [0.25, 0.3) is 0 Å². The van der Waals surface area contributed by atoms with Crippen molar-refractivity contribution in [3.8, 4) is 5.75 Å². The molecule has 0 amide bonds. The number of hydrogen-bond acceptors (Lipinski definition) is 13. The number of nitrogens with one attached hydrogen (secondary N) is 2. The molecule has 1 fully saturated rings. The topological polar surface area (TPSA) is 164 Å². The van der Waals surface area contributed by atoms with Crippen molar-refractivity contribution < 1.29 is 28.9 Å². The number of aryl methyl sites for hydroxylation is 2. The van der Waals surface area contributed by atoms with Crippen molar-refractivity contribution >= 4 is 58.9 Å². The van der Waals surface area contributed by atoms with Gasteiger partial charge in [-0.15, -0.1) is 27.8 Å². The minimum absolute atomic E-state index is 0.0275. The fraction of sp³-hybridized carbons (Fsp3) is 0.489. The van der Waals surface area contributed by atoms with Gasteiger partial charge >= 0.3 is 5.97 Å². The van der Waals surface area contributed by atoms with Crippen molar-refractivity contribution in [1.82, 2.24) is 30.2 Å². The van der Waals surface area contributed by atoms with Crippen LogP contribution in [0.15, 0.2) is 64.8 Å². The molecule has 4 aromatic heterocycles. The summed E-state index contributed by atoms with van der Waals surface area (Å²) < 4.78 is 21.2. The zero-order chi connectivity index (χ0) is 44.7. The van der Waals surface area contributed by atoms with Gasteiger partial charge in [0.1, 0.15) is 17.4 Å². The maximum Gasteiger partial charge on any atom is 0.349 e. The lowest BCUT2D eigenvalue weighted by Gasteiger charge is -2.39. The Kier molecular flexibility index (Phi) is 13.2. The van der Waals surface area contributed by atoms with Gasteiger partial charge in [0.05, 0.1) is 40.1 Å². The molecule has 0 spiro atoms. The molecule has 336 valence electrons. The van der Waals surface area contributed by atoms with Gasteiger partial charge in [-0.25, -0.2) is 9.48 Å². The van der Waals surface area contributed by atoms with E-state index in [1.807, 2.05) is 41.3 Å². The van der Waals surface area contributed by atoms with E-state index in [4.69, 9.17) is 13.9 Å². The first-order valence-electron chi connectivity index (χ1n) is 22.0. The van der Waals surface area contributed by atoms with E-state index in [2.05, 4.69) is 72.5 Å². The number of carbonyl (C=O) groups excluding carboxylic acids is 1. The standard InChI is InChI=1S/C47H60N6O7S2Si/c1-29-11-19-41(62-29)47(57,40-10-8-23-61-40)45(56)59-32-14-12-31(13-15-32)52(5)21-9-22-53-44-36-28-58-27-35(36)30(24-37(44)50-51-53)25-48-26-39(60-63(6,7)46(2,3)4)33-16-18-38(54)43-34(33)17-20-42(55)49-43/h8,10-11,16-20,23-24,31-32,39,48,54,57H,9,12-15,21-22,25-28H2,1-7H3,(H,49,55)/t31-,32-,39-,47+/m0/s1. The van der Waals surface area contributed by atoms with Crippen LogP contribution in [0, 0.1) is 6.92 Å². The highest BCUT2D eigenvalue weighted by atomic mass is 32.1. The number of nitrogens with zero attached hydrogens (tertiary/aromatic N) is 4. The van der Waals surface area contributed by atoms with E-state index in [0.717, 1.165) is 83.2 Å². The predicted octanol–water partition coefficient (Wildman–Crippen LogP) is 8.41. The van der Waals surface area contributed by atoms with Gasteiger partial charge in [0, 0.05) is 47.6 Å². The van der Waals surface area contributed by atoms with Gasteiger partial charge < -0.3 is 39.3 Å². The summed E-state index contributed by atoms with van der Waals surface area (Å²) in [7, 11) is -0.0747. The second-order valence-electron chi connectivity index (χ2n) is 18.7. The molecule has 0 saturated heterocycles. The van der Waals surface area contributed by atoms with E-state index >= 15 is 0 Å². The van der Waals surface area contributed by atoms with Crippen LogP contribution in [0.4, 0.5) is 0 Å². The molecule has 63 heavy (non-hydrogen) atoms. The number of carbonyl (C=O) groups is 1. The molecular formula is C47H60N6O7S2Si. The molecule has 8 rings (SSSR count). The number of benzene rings is 2. The number of phenols is 1. The molecule has 6 aromatic rings. The van der Waals surface area contributed by atoms with Crippen molar-refractivity contribution in [1.29, 1.82) is 0 Å². The number of ether oxygens (including phenoxy) is 2. The number of aromatic nitrogens is 4. The summed E-state index contributed by atoms with van der Waals surface area (Å²) in [5.41, 5.74) is 4.55. The Balaban J connectivity index is 0.885. The number of H-pyrrole nitrogens is 1. The van der Waals surface area contributed by atoms with Crippen molar-refractivity contribution in [2.45, 2.75) is 128 Å². The third-order valence-corrected chi connectivity index (χ3v) is 20.0. The zero-order valence-electron chi connectivity index (χ0n) is 37.3. The van der Waals surface area contributed by atoms with Gasteiger partial charge in [-0.05, 0) is 129 Å². The molecule has 0 bridgehead atoms. The van der Waals surface area contributed by atoms with E-state index in [9.17, 15) is 19.8 Å². The number of thiophene rings is 2. The lowest BCUT2D eigenvalue weighted by atomic mass is 9.91. The highest BCUT2D eigenvalue weighted by Crippen LogP contribution is 2.42. The summed E-state index contributed by atoms with van der Waals surface area (Å²) in [6.45, 7) is 16.8. The van der Waals surface area contributed by atoms with Gasteiger partial charge in [-0.1, -0.05) is 38.1 Å². The fourth-order valence-corrected chi connectivity index (χ4v) is 11.9. The number of aromatic hydroxyl groups is 1. The van der Waals surface area contributed by atoms with Crippen LogP contribution in [0.3, 0.4) is 0 Å². The van der Waals surface area contributed by atoms with E-state index < -0.39 is 19.9 Å². The third kappa shape index (κ3) is 9.32. The Hall–Kier alpha value is -4.26. The highest BCUT2D eigenvalue weighted by Gasteiger charge is 2.45. The molecule has 1 aliphatic carbocycles. The molecule has 5 heterocycles. The lowest BCUT2D eigenvalue weighted by Crippen LogP contribution is -2.43. The summed E-state index contributed by atoms with van der Waals surface area (Å²) in [6, 6.07) is 16.7. The number of phenolic OH excluding ortho intramolecular Hbond substituents is 1. The van der Waals surface area contributed by atoms with Crippen LogP contribution in [0.2, 0.25) is 18.1 Å². The van der Waals surface area contributed by atoms with E-state index in [-0.39, 0.29) is 28.6 Å². The Morgan fingerprint density at radius 3 is 2.57 bits per heavy atom. The molecule has 1 aliphatic heterocycles. The number of rotatable bonds is 16. The van der Waals surface area contributed by atoms with Gasteiger partial charge in [0.2, 0.25) is 11.2 Å². The SMILES string of the molecule is Cc1ccc([C@@](O)(C(=O)O[C@H]2CC[C@H](N(C)CCCn3nnc4cc(CNC[C@H](O[Si](C)(C)C(C)(C)C)c5ccc(O)c6[nH]c(=O)ccc56)c5c(c43)COC5)CC2)c2cccs2)s1. The average molecular weight is 913 g/mol. The van der Waals surface area contributed by atoms with Crippen LogP contribution in [0.5, 0.6) is 5.75 Å². The number of esters is 1. The van der Waals surface area contributed by atoms with Crippen molar-refractivity contribution in [2.24, 2.45) is 0 Å². The maximum absolute atomic E-state index is 13.6. The fourth-order valence-electron chi connectivity index (χ4n) is 8.78. The maximum atomic E-state index is 13.6. The number of pyridine rings is 1. The number of aromatic amines is 1. The molecule has 16 heteroatoms. The lowest BCUT2D eigenvalue weighted by molar-refractivity contribution is -0.169. The molecule has 2 aliphatic rings. The quantitative estimate of drug-likeness (QED) is 0.0545. The second-order valence-corrected chi connectivity index (χ2v) is 25.7. The monoisotopic (exact) mass is 912 g/mol. The minimum Gasteiger partial charge on any atom is -0.506 e. The Labute approximate surface area is 377 Å². The van der Waals surface area contributed by atoms with E-state index in [1.54, 1.807) is 18.2 Å². The van der Waals surface area contributed by atoms with Crippen LogP contribution >= 0.6 is 22.7 Å². The normalized spacial score (nSPS) is 18.6. The smallest absolute Gasteiger partial charge is 0.349 e. The first-order chi connectivity index (χ1) is 30.0. The summed E-state index contributed by atoms with van der Waals surface area (Å²) in [5.74, 6) is -0.566. The van der Waals surface area contributed by atoms with Crippen molar-refractivity contribution in [3.63, 3.8) is 0 Å². The van der Waals surface area contributed by atoms with Crippen LogP contribution in [-0.4, -0.2) is 81.7 Å². The summed E-state index contributed by atoms with van der Waals surface area (Å²) in [4.78, 5) is 33.2. The largest absolute Gasteiger partial charge is 0.506 e. The third-order valence-electron chi connectivity index (χ3n) is 13.4. The molecule has 1 saturated carbocycles. The minimum atomic E-state index is -2.24. The highest BCUT2D eigenvalue weighted by molar-refractivity contribution is 7.13. The second kappa shape index (κ2) is 18.3. The van der Waals surface area contributed by atoms with Crippen molar-refractivity contribution in [2.75, 3.05) is 20.1 Å². The number of fused-ring (bicyclic) bond motifs is 4. The first-order valence-corrected chi connectivity index (χ1v) is 26.6. The van der Waals surface area contributed by atoms with Crippen LogP contribution in [-0.2, 0) is 50.6 Å². The van der Waals surface area contributed by atoms with Gasteiger partial charge in [-0.2, -0.15) is 0 Å². The summed E-state index contributed by atoms with van der Waals surface area (Å²) >= 11 is 2.78. The molecule has 0 unspecified atom stereocenters. The van der Waals surface area contributed by atoms with Gasteiger partial charge in [-0.3, -0.25) is 4.79 Å². The first kappa shape index (κ1) is 45.3. The summed E-state index contributed by atoms with van der Waals surface area (Å²) in [6.07, 6.45) is 3.66. The van der Waals surface area contributed by atoms with Gasteiger partial charge in [0.15, 0.2) is 8.32 Å². The Bertz CT molecular complexity index is 2630. The van der Waals surface area contributed by atoms with Crippen LogP contribution < -0.4 is 10.9 Å². The van der Waals surface area contributed by atoms with E-state index in [1.165, 1.54) is 34.3 Å². The number of aliphatic hydroxyl groups is 1. The molecule has 2 aromatic carbocycles. The number of hydrogen-bond donors (Lipinski definition) is 4. The molecule has 13 nitrogen and oxygen atoms in total. The van der Waals surface area contributed by atoms with Crippen LogP contribution in [0.1, 0.15) is 95.9 Å². The molecule has 0 radical (unpaired) electrons. The zero-order valence-corrected chi connectivity index (χ0v) is 40.0. The average Bonchev–Trinajstić information content (AvgIpc) is 4.09. The Morgan fingerprint density at radius 2 is 1.86 bits per heavy atom. The summed E-state index contributed by atoms with van der Waals surface area (Å²) in [5, 5.41) is 37.9. The van der Waals surface area contributed by atoms with Crippen LogP contribution in [0.25, 0.3) is 21.9 Å².